The first-order valence-electron chi connectivity index (χ1n) is 9.37. The van der Waals surface area contributed by atoms with E-state index in [9.17, 15) is 9.90 Å². The lowest BCUT2D eigenvalue weighted by atomic mass is 9.97. The minimum absolute atomic E-state index is 0.00481. The average molecular weight is 356 g/mol. The topological polar surface area (TPSA) is 92.4 Å². The van der Waals surface area contributed by atoms with Gasteiger partial charge in [-0.15, -0.1) is 0 Å². The van der Waals surface area contributed by atoms with E-state index in [4.69, 9.17) is 4.52 Å². The molecule has 4 rings (SSSR count). The van der Waals surface area contributed by atoms with Gasteiger partial charge in [0.05, 0.1) is 5.92 Å². The van der Waals surface area contributed by atoms with Gasteiger partial charge >= 0.3 is 0 Å². The summed E-state index contributed by atoms with van der Waals surface area (Å²) in [6.45, 7) is 1.10. The molecule has 2 aliphatic rings. The second kappa shape index (κ2) is 7.53. The number of aliphatic hydroxyl groups excluding tert-OH is 1. The number of likely N-dealkylation sites (tertiary alicyclic amines) is 1. The van der Waals surface area contributed by atoms with Gasteiger partial charge in [0.25, 0.3) is 0 Å². The Morgan fingerprint density at radius 1 is 1.23 bits per heavy atom. The highest BCUT2D eigenvalue weighted by molar-refractivity contribution is 5.77. The van der Waals surface area contributed by atoms with Gasteiger partial charge in [0.15, 0.2) is 0 Å². The minimum Gasteiger partial charge on any atom is -0.396 e. The maximum Gasteiger partial charge on any atom is 0.232 e. The SMILES string of the molecule is O=C(CC1CCCC1)N1CC(CO)C(c2nc(-c3ccncc3)no2)C1. The van der Waals surface area contributed by atoms with Crippen molar-refractivity contribution in [3.8, 4) is 11.4 Å². The molecule has 1 aliphatic heterocycles. The van der Waals surface area contributed by atoms with Gasteiger partial charge in [0.1, 0.15) is 0 Å². The maximum absolute atomic E-state index is 12.6. The van der Waals surface area contributed by atoms with Crippen LogP contribution in [0.3, 0.4) is 0 Å². The summed E-state index contributed by atoms with van der Waals surface area (Å²) in [6, 6.07) is 3.65. The zero-order valence-electron chi connectivity index (χ0n) is 14.8. The van der Waals surface area contributed by atoms with Crippen LogP contribution < -0.4 is 0 Å². The lowest BCUT2D eigenvalue weighted by Crippen LogP contribution is -2.30. The molecule has 2 atom stereocenters. The van der Waals surface area contributed by atoms with Crippen LogP contribution >= 0.6 is 0 Å². The number of rotatable bonds is 5. The smallest absolute Gasteiger partial charge is 0.232 e. The molecule has 0 spiro atoms. The number of nitrogens with zero attached hydrogens (tertiary/aromatic N) is 4. The summed E-state index contributed by atoms with van der Waals surface area (Å²) in [6.07, 6.45) is 8.77. The molecule has 2 aromatic heterocycles. The summed E-state index contributed by atoms with van der Waals surface area (Å²) >= 11 is 0. The Labute approximate surface area is 152 Å². The van der Waals surface area contributed by atoms with E-state index >= 15 is 0 Å². The van der Waals surface area contributed by atoms with Crippen molar-refractivity contribution in [1.82, 2.24) is 20.0 Å². The second-order valence-corrected chi connectivity index (χ2v) is 7.39. The molecule has 3 heterocycles. The van der Waals surface area contributed by atoms with Gasteiger partial charge in [-0.2, -0.15) is 4.98 Å². The molecule has 7 heteroatoms. The third-order valence-electron chi connectivity index (χ3n) is 5.66. The van der Waals surface area contributed by atoms with Crippen molar-refractivity contribution in [2.45, 2.75) is 38.0 Å². The van der Waals surface area contributed by atoms with Gasteiger partial charge in [-0.1, -0.05) is 18.0 Å². The van der Waals surface area contributed by atoms with Crippen molar-refractivity contribution in [1.29, 1.82) is 0 Å². The van der Waals surface area contributed by atoms with Crippen molar-refractivity contribution in [2.75, 3.05) is 19.7 Å². The molecule has 0 radical (unpaired) electrons. The van der Waals surface area contributed by atoms with Gasteiger partial charge in [0.2, 0.25) is 17.6 Å². The van der Waals surface area contributed by atoms with Crippen molar-refractivity contribution in [2.24, 2.45) is 11.8 Å². The molecule has 138 valence electrons. The first kappa shape index (κ1) is 17.1. The number of carbonyl (C=O) groups is 1. The highest BCUT2D eigenvalue weighted by Crippen LogP contribution is 2.34. The Bertz CT molecular complexity index is 742. The molecule has 1 saturated carbocycles. The summed E-state index contributed by atoms with van der Waals surface area (Å²) in [4.78, 5) is 23.0. The number of pyridine rings is 1. The van der Waals surface area contributed by atoms with Crippen LogP contribution in [-0.4, -0.2) is 50.7 Å². The fraction of sp³-hybridized carbons (Fsp3) is 0.579. The Morgan fingerprint density at radius 3 is 2.73 bits per heavy atom. The van der Waals surface area contributed by atoms with Crippen LogP contribution in [0.15, 0.2) is 29.0 Å². The highest BCUT2D eigenvalue weighted by atomic mass is 16.5. The van der Waals surface area contributed by atoms with Gasteiger partial charge in [-0.25, -0.2) is 0 Å². The molecule has 26 heavy (non-hydrogen) atoms. The van der Waals surface area contributed by atoms with Crippen LogP contribution in [0.2, 0.25) is 0 Å². The summed E-state index contributed by atoms with van der Waals surface area (Å²) in [5.41, 5.74) is 0.836. The highest BCUT2D eigenvalue weighted by Gasteiger charge is 2.39. The second-order valence-electron chi connectivity index (χ2n) is 7.39. The van der Waals surface area contributed by atoms with E-state index in [0.717, 1.165) is 18.4 Å². The first-order chi connectivity index (χ1) is 12.7. The third-order valence-corrected chi connectivity index (χ3v) is 5.66. The van der Waals surface area contributed by atoms with Gasteiger partial charge in [-0.05, 0) is 30.9 Å². The average Bonchev–Trinajstić information content (AvgIpc) is 3.42. The maximum atomic E-state index is 12.6. The fourth-order valence-corrected chi connectivity index (χ4v) is 4.13. The zero-order chi connectivity index (χ0) is 17.9. The zero-order valence-corrected chi connectivity index (χ0v) is 14.8. The van der Waals surface area contributed by atoms with E-state index in [-0.39, 0.29) is 24.3 Å². The number of carbonyl (C=O) groups excluding carboxylic acids is 1. The minimum atomic E-state index is -0.115. The molecule has 2 fully saturated rings. The molecule has 2 unspecified atom stereocenters. The number of aromatic nitrogens is 3. The first-order valence-corrected chi connectivity index (χ1v) is 9.37. The molecular weight excluding hydrogens is 332 g/mol. The Hall–Kier alpha value is -2.28. The molecule has 2 aromatic rings. The van der Waals surface area contributed by atoms with Crippen molar-refractivity contribution < 1.29 is 14.4 Å². The molecule has 0 bridgehead atoms. The van der Waals surface area contributed by atoms with E-state index in [1.54, 1.807) is 12.4 Å². The molecular formula is C19H24N4O3. The van der Waals surface area contributed by atoms with E-state index < -0.39 is 0 Å². The van der Waals surface area contributed by atoms with Gasteiger partial charge < -0.3 is 14.5 Å². The Balaban J connectivity index is 1.46. The van der Waals surface area contributed by atoms with Gasteiger partial charge in [-0.3, -0.25) is 9.78 Å². The van der Waals surface area contributed by atoms with Crippen molar-refractivity contribution >= 4 is 5.91 Å². The summed E-state index contributed by atoms with van der Waals surface area (Å²) in [5.74, 6) is 1.54. The van der Waals surface area contributed by atoms with Crippen LogP contribution in [-0.2, 0) is 4.79 Å². The monoisotopic (exact) mass is 356 g/mol. The van der Waals surface area contributed by atoms with Crippen LogP contribution in [0.1, 0.15) is 43.9 Å². The van der Waals surface area contributed by atoms with E-state index in [2.05, 4.69) is 15.1 Å². The standard InChI is InChI=1S/C19H24N4O3/c24-12-15-10-23(17(25)9-13-3-1-2-4-13)11-16(15)19-21-18(22-26-19)14-5-7-20-8-6-14/h5-8,13,15-16,24H,1-4,9-12H2. The molecule has 0 aromatic carbocycles. The molecule has 7 nitrogen and oxygen atoms in total. The lowest BCUT2D eigenvalue weighted by Gasteiger charge is -2.18. The summed E-state index contributed by atoms with van der Waals surface area (Å²) in [5, 5.41) is 13.8. The van der Waals surface area contributed by atoms with Crippen LogP contribution in [0, 0.1) is 11.8 Å². The number of hydrogen-bond donors (Lipinski definition) is 1. The number of amides is 1. The summed E-state index contributed by atoms with van der Waals surface area (Å²) in [7, 11) is 0. The Kier molecular flexibility index (Phi) is 4.97. The van der Waals surface area contributed by atoms with E-state index in [1.807, 2.05) is 17.0 Å². The van der Waals surface area contributed by atoms with Crippen LogP contribution in [0.5, 0.6) is 0 Å². The number of aliphatic hydroxyl groups is 1. The molecule has 1 saturated heterocycles. The quantitative estimate of drug-likeness (QED) is 0.883. The molecule has 1 aliphatic carbocycles. The fourth-order valence-electron chi connectivity index (χ4n) is 4.13. The van der Waals surface area contributed by atoms with Gasteiger partial charge in [0, 0.05) is 50.0 Å². The largest absolute Gasteiger partial charge is 0.396 e. The normalized spacial score (nSPS) is 23.7. The number of hydrogen-bond acceptors (Lipinski definition) is 6. The van der Waals surface area contributed by atoms with Crippen LogP contribution in [0.4, 0.5) is 0 Å². The summed E-state index contributed by atoms with van der Waals surface area (Å²) < 4.78 is 5.47. The van der Waals surface area contributed by atoms with E-state index in [0.29, 0.717) is 37.1 Å². The molecule has 1 N–H and O–H groups in total. The van der Waals surface area contributed by atoms with E-state index in [1.165, 1.54) is 12.8 Å². The van der Waals surface area contributed by atoms with Crippen molar-refractivity contribution in [3.05, 3.63) is 30.4 Å². The lowest BCUT2D eigenvalue weighted by molar-refractivity contribution is -0.131. The molecule has 1 amide bonds. The predicted molar refractivity (Wildman–Crippen MR) is 94.0 cm³/mol. The predicted octanol–water partition coefficient (Wildman–Crippen LogP) is 2.25. The Morgan fingerprint density at radius 2 is 2.00 bits per heavy atom. The van der Waals surface area contributed by atoms with Crippen molar-refractivity contribution in [3.63, 3.8) is 0 Å². The third kappa shape index (κ3) is 3.49. The van der Waals surface area contributed by atoms with Crippen LogP contribution in [0.25, 0.3) is 11.4 Å².